The smallest absolute Gasteiger partial charge is 0.165 e. The monoisotopic (exact) mass is 285 g/mol. The van der Waals surface area contributed by atoms with Crippen molar-refractivity contribution in [3.63, 3.8) is 0 Å². The lowest BCUT2D eigenvalue weighted by atomic mass is 9.76. The highest BCUT2D eigenvalue weighted by Gasteiger charge is 2.28. The molecule has 0 amide bonds. The Morgan fingerprint density at radius 3 is 2.76 bits per heavy atom. The molecule has 4 rings (SSSR count). The van der Waals surface area contributed by atoms with E-state index in [0.29, 0.717) is 11.5 Å². The summed E-state index contributed by atoms with van der Waals surface area (Å²) in [6, 6.07) is 0.605. The van der Waals surface area contributed by atoms with Gasteiger partial charge in [0.2, 0.25) is 0 Å². The highest BCUT2D eigenvalue weighted by atomic mass is 15.2. The van der Waals surface area contributed by atoms with Crippen molar-refractivity contribution >= 4 is 17.0 Å². The summed E-state index contributed by atoms with van der Waals surface area (Å²) in [5.74, 6) is 0.895. The summed E-state index contributed by atoms with van der Waals surface area (Å²) in [5, 5.41) is 3.54. The van der Waals surface area contributed by atoms with Crippen LogP contribution in [0.2, 0.25) is 0 Å². The summed E-state index contributed by atoms with van der Waals surface area (Å²) in [7, 11) is 0. The average molecular weight is 285 g/mol. The molecule has 21 heavy (non-hydrogen) atoms. The molecule has 1 N–H and O–H groups in total. The van der Waals surface area contributed by atoms with Crippen LogP contribution in [0.5, 0.6) is 0 Å². The molecule has 2 saturated carbocycles. The van der Waals surface area contributed by atoms with Crippen LogP contribution in [-0.2, 0) is 0 Å². The number of nitrogens with zero attached hydrogens (tertiary/aromatic N) is 4. The van der Waals surface area contributed by atoms with Crippen LogP contribution in [0, 0.1) is 5.41 Å². The largest absolute Gasteiger partial charge is 0.368 e. The molecule has 2 aliphatic rings. The Balaban J connectivity index is 1.56. The van der Waals surface area contributed by atoms with Crippen molar-refractivity contribution in [3.8, 4) is 0 Å². The molecule has 0 aliphatic heterocycles. The molecule has 2 aliphatic carbocycles. The lowest BCUT2D eigenvalue weighted by Gasteiger charge is -2.33. The van der Waals surface area contributed by atoms with Gasteiger partial charge >= 0.3 is 0 Å². The molecule has 0 radical (unpaired) electrons. The molecule has 5 nitrogen and oxygen atoms in total. The zero-order valence-corrected chi connectivity index (χ0v) is 12.7. The molecular formula is C16H23N5. The fraction of sp³-hybridized carbons (Fsp3) is 0.688. The maximum Gasteiger partial charge on any atom is 0.165 e. The quantitative estimate of drug-likeness (QED) is 0.933. The molecular weight excluding hydrogens is 262 g/mol. The molecule has 112 valence electrons. The first-order valence-corrected chi connectivity index (χ1v) is 8.17. The number of rotatable bonds is 4. The molecule has 0 unspecified atom stereocenters. The number of hydrogen-bond donors (Lipinski definition) is 1. The number of fused-ring (bicyclic) bond motifs is 1. The van der Waals surface area contributed by atoms with E-state index >= 15 is 0 Å². The predicted octanol–water partition coefficient (Wildman–Crippen LogP) is 3.54. The first kappa shape index (κ1) is 13.0. The van der Waals surface area contributed by atoms with E-state index in [0.717, 1.165) is 23.5 Å². The van der Waals surface area contributed by atoms with Gasteiger partial charge in [0.05, 0.1) is 6.33 Å². The second-order valence-electron chi connectivity index (χ2n) is 7.00. The molecule has 2 aromatic heterocycles. The van der Waals surface area contributed by atoms with Gasteiger partial charge < -0.3 is 9.88 Å². The average Bonchev–Trinajstić information content (AvgIpc) is 3.25. The minimum Gasteiger partial charge on any atom is -0.368 e. The molecule has 0 saturated heterocycles. The van der Waals surface area contributed by atoms with Crippen LogP contribution in [0.3, 0.4) is 0 Å². The molecule has 0 bridgehead atoms. The highest BCUT2D eigenvalue weighted by Crippen LogP contribution is 2.38. The van der Waals surface area contributed by atoms with Crippen molar-refractivity contribution < 1.29 is 0 Å². The van der Waals surface area contributed by atoms with Gasteiger partial charge in [-0.2, -0.15) is 0 Å². The maximum absolute atomic E-state index is 4.54. The number of anilines is 1. The Hall–Kier alpha value is -1.65. The van der Waals surface area contributed by atoms with Gasteiger partial charge in [-0.05, 0) is 31.1 Å². The second-order valence-corrected chi connectivity index (χ2v) is 7.00. The Labute approximate surface area is 125 Å². The van der Waals surface area contributed by atoms with Crippen molar-refractivity contribution in [1.82, 2.24) is 19.5 Å². The second kappa shape index (κ2) is 4.97. The Bertz CT molecular complexity index is 637. The lowest BCUT2D eigenvalue weighted by molar-refractivity contribution is 0.233. The van der Waals surface area contributed by atoms with E-state index in [1.165, 1.54) is 44.9 Å². The fourth-order valence-electron chi connectivity index (χ4n) is 3.48. The number of aromatic nitrogens is 4. The van der Waals surface area contributed by atoms with Gasteiger partial charge in [0, 0.05) is 12.6 Å². The van der Waals surface area contributed by atoms with Gasteiger partial charge in [-0.15, -0.1) is 0 Å². The van der Waals surface area contributed by atoms with Gasteiger partial charge in [0.25, 0.3) is 0 Å². The van der Waals surface area contributed by atoms with Gasteiger partial charge in [0.15, 0.2) is 11.5 Å². The number of nitrogens with one attached hydrogen (secondary N) is 1. The van der Waals surface area contributed by atoms with E-state index in [2.05, 4.69) is 31.8 Å². The summed E-state index contributed by atoms with van der Waals surface area (Å²) >= 11 is 0. The third kappa shape index (κ3) is 2.49. The Morgan fingerprint density at radius 1 is 1.19 bits per heavy atom. The van der Waals surface area contributed by atoms with E-state index in [-0.39, 0.29) is 0 Å². The van der Waals surface area contributed by atoms with Crippen LogP contribution in [0.1, 0.15) is 57.9 Å². The van der Waals surface area contributed by atoms with Crippen molar-refractivity contribution in [2.45, 2.75) is 57.9 Å². The topological polar surface area (TPSA) is 55.6 Å². The summed E-state index contributed by atoms with van der Waals surface area (Å²) in [5.41, 5.74) is 2.29. The van der Waals surface area contributed by atoms with E-state index in [9.17, 15) is 0 Å². The maximum atomic E-state index is 4.54. The van der Waals surface area contributed by atoms with Crippen LogP contribution in [0.4, 0.5) is 5.82 Å². The molecule has 0 spiro atoms. The standard InChI is InChI=1S/C16H23N5/c1-16(7-3-2-4-8-16)9-17-14-13-15(19-10-18-14)21(11-20-13)12-5-6-12/h10-12H,2-9H2,1H3,(H,17,18,19). The first-order valence-electron chi connectivity index (χ1n) is 8.17. The van der Waals surface area contributed by atoms with Crippen molar-refractivity contribution in [1.29, 1.82) is 0 Å². The number of hydrogen-bond acceptors (Lipinski definition) is 4. The lowest BCUT2D eigenvalue weighted by Crippen LogP contribution is -2.29. The van der Waals surface area contributed by atoms with Crippen LogP contribution in [0.15, 0.2) is 12.7 Å². The van der Waals surface area contributed by atoms with Crippen LogP contribution >= 0.6 is 0 Å². The molecule has 0 aromatic carbocycles. The van der Waals surface area contributed by atoms with E-state index in [1.54, 1.807) is 6.33 Å². The molecule has 2 fully saturated rings. The summed E-state index contributed by atoms with van der Waals surface area (Å²) in [6.07, 6.45) is 12.8. The zero-order valence-electron chi connectivity index (χ0n) is 12.7. The highest BCUT2D eigenvalue weighted by molar-refractivity contribution is 5.82. The molecule has 2 heterocycles. The van der Waals surface area contributed by atoms with Gasteiger partial charge in [-0.25, -0.2) is 15.0 Å². The minimum atomic E-state index is 0.397. The molecule has 0 atom stereocenters. The van der Waals surface area contributed by atoms with Crippen LogP contribution in [0.25, 0.3) is 11.2 Å². The Morgan fingerprint density at radius 2 is 2.00 bits per heavy atom. The van der Waals surface area contributed by atoms with E-state index in [4.69, 9.17) is 0 Å². The van der Waals surface area contributed by atoms with Gasteiger partial charge in [0.1, 0.15) is 11.8 Å². The van der Waals surface area contributed by atoms with E-state index in [1.807, 2.05) is 6.33 Å². The van der Waals surface area contributed by atoms with Crippen LogP contribution < -0.4 is 5.32 Å². The van der Waals surface area contributed by atoms with Gasteiger partial charge in [-0.1, -0.05) is 26.2 Å². The SMILES string of the molecule is CC1(CNc2ncnc3c2ncn3C2CC2)CCCCC1. The van der Waals surface area contributed by atoms with Crippen LogP contribution in [-0.4, -0.2) is 26.1 Å². The summed E-state index contributed by atoms with van der Waals surface area (Å²) < 4.78 is 2.20. The third-order valence-corrected chi connectivity index (χ3v) is 5.04. The normalized spacial score (nSPS) is 21.6. The number of imidazole rings is 1. The minimum absolute atomic E-state index is 0.397. The van der Waals surface area contributed by atoms with Gasteiger partial charge in [-0.3, -0.25) is 0 Å². The van der Waals surface area contributed by atoms with Crippen molar-refractivity contribution in [2.75, 3.05) is 11.9 Å². The summed E-state index contributed by atoms with van der Waals surface area (Å²) in [4.78, 5) is 13.4. The fourth-order valence-corrected chi connectivity index (χ4v) is 3.48. The predicted molar refractivity (Wildman–Crippen MR) is 83.3 cm³/mol. The molecule has 5 heteroatoms. The Kier molecular flexibility index (Phi) is 3.08. The van der Waals surface area contributed by atoms with Crippen molar-refractivity contribution in [3.05, 3.63) is 12.7 Å². The third-order valence-electron chi connectivity index (χ3n) is 5.04. The zero-order chi connectivity index (χ0) is 14.3. The van der Waals surface area contributed by atoms with Crippen molar-refractivity contribution in [2.24, 2.45) is 5.41 Å². The first-order chi connectivity index (χ1) is 10.3. The summed E-state index contributed by atoms with van der Waals surface area (Å²) in [6.45, 7) is 3.37. The molecule has 2 aromatic rings. The van der Waals surface area contributed by atoms with E-state index < -0.39 is 0 Å².